The number of nitrogens with zero attached hydrogens (tertiary/aromatic N) is 2. The number of hydrogen-bond donors (Lipinski definition) is 2. The Morgan fingerprint density at radius 1 is 1.06 bits per heavy atom. The maximum Gasteiger partial charge on any atom is 0.417 e. The number of halogens is 5. The zero-order valence-electron chi connectivity index (χ0n) is 26.8. The summed E-state index contributed by atoms with van der Waals surface area (Å²) in [6, 6.07) is 8.39. The lowest BCUT2D eigenvalue weighted by atomic mass is 9.94. The molecule has 2 N–H and O–H groups in total. The van der Waals surface area contributed by atoms with Crippen LogP contribution in [0.25, 0.3) is 16.6 Å². The number of carbonyl (C=O) groups excluding carboxylic acids is 3. The minimum atomic E-state index is -4.83. The maximum absolute atomic E-state index is 15.2. The van der Waals surface area contributed by atoms with Gasteiger partial charge in [-0.05, 0) is 49.2 Å². The monoisotopic (exact) mass is 694 g/mol. The van der Waals surface area contributed by atoms with Gasteiger partial charge < -0.3 is 29.4 Å². The summed E-state index contributed by atoms with van der Waals surface area (Å²) in [6.45, 7) is 3.59. The third-order valence-corrected chi connectivity index (χ3v) is 9.09. The number of benzene rings is 2. The number of nitrogens with one attached hydrogen (secondary N) is 2. The molecule has 0 radical (unpaired) electrons. The van der Waals surface area contributed by atoms with Gasteiger partial charge in [-0.25, -0.2) is 8.78 Å². The molecule has 50 heavy (non-hydrogen) atoms. The number of alkyl halides is 3. The van der Waals surface area contributed by atoms with Crippen LogP contribution in [-0.4, -0.2) is 60.4 Å². The van der Waals surface area contributed by atoms with Crippen LogP contribution in [0.3, 0.4) is 0 Å². The van der Waals surface area contributed by atoms with Gasteiger partial charge in [0, 0.05) is 66.6 Å². The first-order valence-corrected chi connectivity index (χ1v) is 16.0. The Balaban J connectivity index is 1.21. The fraction of sp³-hybridized carbons (Fsp3) is 0.306. The zero-order chi connectivity index (χ0) is 35.4. The van der Waals surface area contributed by atoms with Gasteiger partial charge in [0.05, 0.1) is 42.1 Å². The normalized spacial score (nSPS) is 16.9. The number of hydrogen-bond acceptors (Lipinski definition) is 6. The van der Waals surface area contributed by atoms with E-state index in [1.54, 1.807) is 0 Å². The third-order valence-electron chi connectivity index (χ3n) is 9.09. The van der Waals surface area contributed by atoms with Crippen molar-refractivity contribution in [3.05, 3.63) is 94.8 Å². The topological polar surface area (TPSA) is 101 Å². The second-order valence-electron chi connectivity index (χ2n) is 12.8. The lowest BCUT2D eigenvalue weighted by molar-refractivity contribution is -0.137. The fourth-order valence-electron chi connectivity index (χ4n) is 6.59. The van der Waals surface area contributed by atoms with E-state index in [0.717, 1.165) is 24.3 Å². The summed E-state index contributed by atoms with van der Waals surface area (Å²) in [5.74, 6) is -4.27. The quantitative estimate of drug-likeness (QED) is 0.132. The van der Waals surface area contributed by atoms with Crippen LogP contribution in [0.2, 0.25) is 0 Å². The molecule has 0 aliphatic carbocycles. The standard InChI is InChI=1S/C36H31F5N4O5/c1-35(18-49-19-35)42-9-2-6-29(46)43-32-25(37)13-21(14-26(32)38)34(48)27-15-20-8-12-50-28-17-22(44-10-4-7-30(44)47)16-24(36(39,40)41)31(28)23-5-3-11-45(27)33(20)23/h2-3,5-6,11,13-17,42H,4,7-10,12,18-19H2,1H3,(H,43,46)/b6-2+. The highest BCUT2D eigenvalue weighted by molar-refractivity contribution is 6.10. The van der Waals surface area contributed by atoms with E-state index in [9.17, 15) is 27.6 Å². The van der Waals surface area contributed by atoms with E-state index in [1.807, 2.05) is 6.92 Å². The molecule has 0 spiro atoms. The Morgan fingerprint density at radius 3 is 2.48 bits per heavy atom. The van der Waals surface area contributed by atoms with Crippen molar-refractivity contribution in [1.82, 2.24) is 9.72 Å². The molecule has 14 heteroatoms. The lowest BCUT2D eigenvalue weighted by Gasteiger charge is -2.38. The number of aromatic nitrogens is 1. The minimum Gasteiger partial charge on any atom is -0.492 e. The molecule has 3 aliphatic heterocycles. The summed E-state index contributed by atoms with van der Waals surface area (Å²) in [4.78, 5) is 39.9. The molecule has 2 fully saturated rings. The first-order chi connectivity index (χ1) is 23.8. The van der Waals surface area contributed by atoms with Crippen LogP contribution in [-0.2, 0) is 26.9 Å². The second-order valence-corrected chi connectivity index (χ2v) is 12.8. The molecule has 9 nitrogen and oxygen atoms in total. The molecule has 0 saturated carbocycles. The number of fused-ring (bicyclic) bond motifs is 2. The fourth-order valence-corrected chi connectivity index (χ4v) is 6.59. The smallest absolute Gasteiger partial charge is 0.417 e. The van der Waals surface area contributed by atoms with Gasteiger partial charge in [-0.1, -0.05) is 12.1 Å². The van der Waals surface area contributed by atoms with Crippen molar-refractivity contribution in [3.63, 3.8) is 0 Å². The largest absolute Gasteiger partial charge is 0.492 e. The zero-order valence-corrected chi connectivity index (χ0v) is 26.8. The Hall–Kier alpha value is -5.08. The molecule has 2 aromatic heterocycles. The molecule has 2 saturated heterocycles. The van der Waals surface area contributed by atoms with E-state index >= 15 is 8.78 Å². The summed E-state index contributed by atoms with van der Waals surface area (Å²) >= 11 is 0. The summed E-state index contributed by atoms with van der Waals surface area (Å²) < 4.78 is 86.9. The molecule has 3 aliphatic rings. The molecule has 0 atom stereocenters. The van der Waals surface area contributed by atoms with Crippen LogP contribution in [0.1, 0.15) is 46.9 Å². The second kappa shape index (κ2) is 12.7. The number of pyridine rings is 1. The van der Waals surface area contributed by atoms with Crippen molar-refractivity contribution in [1.29, 1.82) is 0 Å². The summed E-state index contributed by atoms with van der Waals surface area (Å²) in [7, 11) is 0. The predicted molar refractivity (Wildman–Crippen MR) is 173 cm³/mol. The summed E-state index contributed by atoms with van der Waals surface area (Å²) in [5.41, 5.74) is -1.57. The molecule has 0 unspecified atom stereocenters. The molecular weight excluding hydrogens is 663 g/mol. The van der Waals surface area contributed by atoms with Gasteiger partial charge in [0.1, 0.15) is 23.1 Å². The van der Waals surface area contributed by atoms with Crippen LogP contribution in [0, 0.1) is 11.6 Å². The molecule has 7 rings (SSSR count). The molecule has 260 valence electrons. The number of carbonyl (C=O) groups is 3. The lowest BCUT2D eigenvalue weighted by Crippen LogP contribution is -2.58. The van der Waals surface area contributed by atoms with E-state index in [0.29, 0.717) is 37.3 Å². The SMILES string of the molecule is CC1(NC/C=C/C(=O)Nc2c(F)cc(C(=O)c3cc4c5c(cccn35)-c3c(cc(N5CCCC5=O)cc3C(F)(F)F)OCC4)cc2F)COC1. The van der Waals surface area contributed by atoms with Crippen LogP contribution >= 0.6 is 0 Å². The van der Waals surface area contributed by atoms with Gasteiger partial charge in [-0.2, -0.15) is 13.2 Å². The van der Waals surface area contributed by atoms with E-state index in [2.05, 4.69) is 10.6 Å². The van der Waals surface area contributed by atoms with Crippen LogP contribution in [0.15, 0.2) is 60.8 Å². The Kier molecular flexibility index (Phi) is 8.47. The molecular formula is C36H31F5N4O5. The number of anilines is 2. The number of ether oxygens (including phenoxy) is 2. The predicted octanol–water partition coefficient (Wildman–Crippen LogP) is 6.07. The summed E-state index contributed by atoms with van der Waals surface area (Å²) in [5, 5.41) is 5.35. The van der Waals surface area contributed by atoms with Crippen molar-refractivity contribution in [3.8, 4) is 16.9 Å². The van der Waals surface area contributed by atoms with Crippen LogP contribution in [0.5, 0.6) is 5.75 Å². The molecule has 2 aromatic carbocycles. The molecule has 4 aromatic rings. The summed E-state index contributed by atoms with van der Waals surface area (Å²) in [6.07, 6.45) is 0.256. The van der Waals surface area contributed by atoms with E-state index in [4.69, 9.17) is 9.47 Å². The van der Waals surface area contributed by atoms with Crippen molar-refractivity contribution in [2.45, 2.75) is 37.9 Å². The van der Waals surface area contributed by atoms with Crippen molar-refractivity contribution in [2.24, 2.45) is 0 Å². The van der Waals surface area contributed by atoms with Gasteiger partial charge >= 0.3 is 6.18 Å². The van der Waals surface area contributed by atoms with E-state index in [1.165, 1.54) is 45.8 Å². The van der Waals surface area contributed by atoms with Crippen molar-refractivity contribution >= 4 is 34.5 Å². The van der Waals surface area contributed by atoms with Gasteiger partial charge in [0.2, 0.25) is 17.6 Å². The van der Waals surface area contributed by atoms with Crippen LogP contribution in [0.4, 0.5) is 33.3 Å². The van der Waals surface area contributed by atoms with Gasteiger partial charge in [-0.15, -0.1) is 0 Å². The Bertz CT molecular complexity index is 2060. The van der Waals surface area contributed by atoms with Gasteiger partial charge in [0.25, 0.3) is 0 Å². The van der Waals surface area contributed by atoms with Crippen molar-refractivity contribution in [2.75, 3.05) is 43.1 Å². The average Bonchev–Trinajstić information content (AvgIpc) is 3.65. The highest BCUT2D eigenvalue weighted by Gasteiger charge is 2.39. The van der Waals surface area contributed by atoms with Crippen molar-refractivity contribution < 1.29 is 45.8 Å². The molecule has 0 bridgehead atoms. The molecule has 5 heterocycles. The number of ketones is 1. The van der Waals surface area contributed by atoms with E-state index in [-0.39, 0.29) is 71.3 Å². The highest BCUT2D eigenvalue weighted by Crippen LogP contribution is 2.48. The van der Waals surface area contributed by atoms with Gasteiger partial charge in [0.15, 0.2) is 0 Å². The molecule has 2 amide bonds. The van der Waals surface area contributed by atoms with E-state index < -0.39 is 40.8 Å². The minimum absolute atomic E-state index is 0.0373. The van der Waals surface area contributed by atoms with Crippen LogP contribution < -0.4 is 20.3 Å². The first kappa shape index (κ1) is 33.4. The van der Waals surface area contributed by atoms with Gasteiger partial charge in [-0.3, -0.25) is 14.4 Å². The Labute approximate surface area is 282 Å². The Morgan fingerprint density at radius 2 is 1.82 bits per heavy atom. The maximum atomic E-state index is 15.2. The number of rotatable bonds is 8. The number of amides is 2. The highest BCUT2D eigenvalue weighted by atomic mass is 19.4. The average molecular weight is 695 g/mol. The third kappa shape index (κ3) is 6.13. The first-order valence-electron chi connectivity index (χ1n) is 16.0.